The topological polar surface area (TPSA) is 84.3 Å². The smallest absolute Gasteiger partial charge is 0.258 e. The number of rotatable bonds is 4. The number of aryl methyl sites for hydroxylation is 2. The molecular weight excluding hydrogens is 436 g/mol. The van der Waals surface area contributed by atoms with Gasteiger partial charge in [0.2, 0.25) is 0 Å². The lowest BCUT2D eigenvalue weighted by atomic mass is 10.0. The fourth-order valence-electron chi connectivity index (χ4n) is 4.97. The SMILES string of the molecule is Cc1ccc(CN2C(=O)c3ccccc3N[C@H]2c2c(C)nn([C@H]3CCS(=O)(=O)C3)c2C)cc1. The first kappa shape index (κ1) is 21.7. The number of nitrogens with zero attached hydrogens (tertiary/aromatic N) is 3. The number of amides is 1. The maximum absolute atomic E-state index is 13.6. The van der Waals surface area contributed by atoms with Crippen molar-refractivity contribution in [3.05, 3.63) is 82.2 Å². The van der Waals surface area contributed by atoms with E-state index in [1.165, 1.54) is 5.56 Å². The molecule has 2 atom stereocenters. The Kier molecular flexibility index (Phi) is 5.28. The molecule has 2 aliphatic rings. The number of para-hydroxylation sites is 1. The summed E-state index contributed by atoms with van der Waals surface area (Å²) in [6.45, 7) is 6.39. The van der Waals surface area contributed by atoms with Gasteiger partial charge in [-0.15, -0.1) is 0 Å². The monoisotopic (exact) mass is 464 g/mol. The van der Waals surface area contributed by atoms with Gasteiger partial charge in [0.1, 0.15) is 6.17 Å². The Hall–Kier alpha value is -3.13. The van der Waals surface area contributed by atoms with Crippen LogP contribution in [-0.2, 0) is 16.4 Å². The molecule has 0 aliphatic carbocycles. The molecule has 0 unspecified atom stereocenters. The summed E-state index contributed by atoms with van der Waals surface area (Å²) in [5.41, 5.74) is 6.28. The molecule has 3 heterocycles. The number of carbonyl (C=O) groups excluding carboxylic acids is 1. The summed E-state index contributed by atoms with van der Waals surface area (Å²) in [6.07, 6.45) is 0.164. The Morgan fingerprint density at radius 1 is 1.06 bits per heavy atom. The van der Waals surface area contributed by atoms with Crippen LogP contribution in [0.4, 0.5) is 5.69 Å². The molecule has 0 spiro atoms. The Morgan fingerprint density at radius 3 is 2.48 bits per heavy atom. The third-order valence-corrected chi connectivity index (χ3v) is 8.45. The minimum Gasteiger partial charge on any atom is -0.361 e. The normalized spacial score (nSPS) is 21.7. The number of hydrogen-bond acceptors (Lipinski definition) is 5. The number of benzene rings is 2. The van der Waals surface area contributed by atoms with Gasteiger partial charge in [-0.1, -0.05) is 42.0 Å². The lowest BCUT2D eigenvalue weighted by molar-refractivity contribution is 0.0665. The highest BCUT2D eigenvalue weighted by Gasteiger charge is 2.38. The molecule has 33 heavy (non-hydrogen) atoms. The summed E-state index contributed by atoms with van der Waals surface area (Å²) in [5, 5.41) is 8.30. The molecule has 172 valence electrons. The molecule has 1 fully saturated rings. The van der Waals surface area contributed by atoms with E-state index in [9.17, 15) is 13.2 Å². The van der Waals surface area contributed by atoms with E-state index < -0.39 is 16.0 Å². The van der Waals surface area contributed by atoms with Crippen molar-refractivity contribution in [3.63, 3.8) is 0 Å². The molecule has 3 aromatic rings. The van der Waals surface area contributed by atoms with Gasteiger partial charge in [-0.05, 0) is 44.9 Å². The molecular formula is C25H28N4O3S. The zero-order valence-corrected chi connectivity index (χ0v) is 19.9. The van der Waals surface area contributed by atoms with E-state index in [1.807, 2.05) is 66.8 Å². The van der Waals surface area contributed by atoms with Crippen LogP contribution in [-0.4, -0.2) is 40.5 Å². The molecule has 5 rings (SSSR count). The lowest BCUT2D eigenvalue weighted by Crippen LogP contribution is -2.42. The maximum Gasteiger partial charge on any atom is 0.258 e. The second-order valence-corrected chi connectivity index (χ2v) is 11.3. The quantitative estimate of drug-likeness (QED) is 0.632. The Bertz CT molecular complexity index is 1330. The molecule has 0 bridgehead atoms. The minimum absolute atomic E-state index is 0.0371. The first-order valence-corrected chi connectivity index (χ1v) is 13.0. The third kappa shape index (κ3) is 3.93. The summed E-state index contributed by atoms with van der Waals surface area (Å²) in [7, 11) is -3.03. The highest BCUT2D eigenvalue weighted by atomic mass is 32.2. The predicted octanol–water partition coefficient (Wildman–Crippen LogP) is 3.93. The highest BCUT2D eigenvalue weighted by molar-refractivity contribution is 7.91. The number of anilines is 1. The number of carbonyl (C=O) groups is 1. The molecule has 7 nitrogen and oxygen atoms in total. The number of hydrogen-bond donors (Lipinski definition) is 1. The van der Waals surface area contributed by atoms with Crippen LogP contribution in [0, 0.1) is 20.8 Å². The third-order valence-electron chi connectivity index (χ3n) is 6.70. The van der Waals surface area contributed by atoms with E-state index in [1.54, 1.807) is 0 Å². The van der Waals surface area contributed by atoms with Gasteiger partial charge in [0.05, 0.1) is 28.8 Å². The van der Waals surface area contributed by atoms with Crippen molar-refractivity contribution in [1.29, 1.82) is 0 Å². The van der Waals surface area contributed by atoms with Crippen molar-refractivity contribution in [3.8, 4) is 0 Å². The Morgan fingerprint density at radius 2 is 1.79 bits per heavy atom. The van der Waals surface area contributed by atoms with Crippen molar-refractivity contribution in [2.24, 2.45) is 0 Å². The molecule has 2 aliphatic heterocycles. The standard InChI is InChI=1S/C25H28N4O3S/c1-16-8-10-19(11-9-16)14-28-24(26-22-7-5-4-6-21(22)25(28)30)23-17(2)27-29(18(23)3)20-12-13-33(31,32)15-20/h4-11,20,24,26H,12-15H2,1-3H3/t20-,24+/m0/s1. The zero-order valence-electron chi connectivity index (χ0n) is 19.1. The van der Waals surface area contributed by atoms with E-state index in [0.29, 0.717) is 18.5 Å². The average Bonchev–Trinajstić information content (AvgIpc) is 3.29. The lowest BCUT2D eigenvalue weighted by Gasteiger charge is -2.38. The van der Waals surface area contributed by atoms with E-state index in [2.05, 4.69) is 17.4 Å². The first-order chi connectivity index (χ1) is 15.7. The van der Waals surface area contributed by atoms with Crippen LogP contribution in [0.15, 0.2) is 48.5 Å². The largest absolute Gasteiger partial charge is 0.361 e. The minimum atomic E-state index is -3.03. The summed E-state index contributed by atoms with van der Waals surface area (Å²) in [4.78, 5) is 15.5. The van der Waals surface area contributed by atoms with Gasteiger partial charge in [0, 0.05) is 23.5 Å². The van der Waals surface area contributed by atoms with Crippen LogP contribution in [0.25, 0.3) is 0 Å². The number of fused-ring (bicyclic) bond motifs is 1. The maximum atomic E-state index is 13.6. The van der Waals surface area contributed by atoms with Gasteiger partial charge in [0.25, 0.3) is 5.91 Å². The van der Waals surface area contributed by atoms with E-state index in [-0.39, 0.29) is 23.5 Å². The van der Waals surface area contributed by atoms with Gasteiger partial charge in [-0.25, -0.2) is 8.42 Å². The van der Waals surface area contributed by atoms with Crippen LogP contribution in [0.2, 0.25) is 0 Å². The van der Waals surface area contributed by atoms with Crippen molar-refractivity contribution in [2.45, 2.75) is 45.9 Å². The summed E-state index contributed by atoms with van der Waals surface area (Å²) in [6, 6.07) is 15.6. The molecule has 2 aromatic carbocycles. The predicted molar refractivity (Wildman–Crippen MR) is 128 cm³/mol. The Balaban J connectivity index is 1.57. The average molecular weight is 465 g/mol. The fourth-order valence-corrected chi connectivity index (χ4v) is 6.66. The van der Waals surface area contributed by atoms with Crippen molar-refractivity contribution in [1.82, 2.24) is 14.7 Å². The number of nitrogens with one attached hydrogen (secondary N) is 1. The van der Waals surface area contributed by atoms with E-state index >= 15 is 0 Å². The summed E-state index contributed by atoms with van der Waals surface area (Å²) >= 11 is 0. The van der Waals surface area contributed by atoms with E-state index in [4.69, 9.17) is 5.10 Å². The van der Waals surface area contributed by atoms with Crippen LogP contribution >= 0.6 is 0 Å². The molecule has 1 saturated heterocycles. The van der Waals surface area contributed by atoms with Gasteiger partial charge in [-0.3, -0.25) is 9.48 Å². The zero-order chi connectivity index (χ0) is 23.3. The van der Waals surface area contributed by atoms with Crippen molar-refractivity contribution in [2.75, 3.05) is 16.8 Å². The molecule has 1 aromatic heterocycles. The van der Waals surface area contributed by atoms with Crippen molar-refractivity contribution >= 4 is 21.4 Å². The Labute approximate surface area is 194 Å². The molecule has 1 N–H and O–H groups in total. The van der Waals surface area contributed by atoms with Crippen LogP contribution in [0.3, 0.4) is 0 Å². The number of aromatic nitrogens is 2. The molecule has 1 amide bonds. The van der Waals surface area contributed by atoms with Gasteiger partial charge in [-0.2, -0.15) is 5.10 Å². The number of sulfone groups is 1. The van der Waals surface area contributed by atoms with Gasteiger partial charge in [0.15, 0.2) is 9.84 Å². The molecule has 8 heteroatoms. The summed E-state index contributed by atoms with van der Waals surface area (Å²) in [5.74, 6) is 0.268. The van der Waals surface area contributed by atoms with Gasteiger partial charge >= 0.3 is 0 Å². The van der Waals surface area contributed by atoms with Crippen LogP contribution < -0.4 is 5.32 Å². The van der Waals surface area contributed by atoms with E-state index in [0.717, 1.165) is 28.2 Å². The second-order valence-electron chi connectivity index (χ2n) is 9.10. The second kappa shape index (κ2) is 8.02. The first-order valence-electron chi connectivity index (χ1n) is 11.2. The van der Waals surface area contributed by atoms with Crippen molar-refractivity contribution < 1.29 is 13.2 Å². The highest BCUT2D eigenvalue weighted by Crippen LogP contribution is 2.38. The van der Waals surface area contributed by atoms with Gasteiger partial charge < -0.3 is 10.2 Å². The molecule has 0 radical (unpaired) electrons. The fraction of sp³-hybridized carbons (Fsp3) is 0.360. The summed E-state index contributed by atoms with van der Waals surface area (Å²) < 4.78 is 26.0. The van der Waals surface area contributed by atoms with Crippen LogP contribution in [0.5, 0.6) is 0 Å². The van der Waals surface area contributed by atoms with Crippen LogP contribution in [0.1, 0.15) is 57.1 Å². The molecule has 0 saturated carbocycles.